The van der Waals surface area contributed by atoms with Crippen molar-refractivity contribution in [3.63, 3.8) is 0 Å². The zero-order valence-electron chi connectivity index (χ0n) is 14.6. The molecular formula is C16H26ClN3O4S. The number of carbonyl (C=O) groups is 1. The third-order valence-electron chi connectivity index (χ3n) is 4.35. The van der Waals surface area contributed by atoms with Crippen LogP contribution < -0.4 is 10.6 Å². The lowest BCUT2D eigenvalue weighted by molar-refractivity contribution is 0.0927. The van der Waals surface area contributed by atoms with Gasteiger partial charge in [-0.3, -0.25) is 4.79 Å². The number of aliphatic hydroxyl groups excluding tert-OH is 1. The van der Waals surface area contributed by atoms with E-state index >= 15 is 0 Å². The molecule has 1 aromatic rings. The zero-order chi connectivity index (χ0) is 17.9. The number of hydrogen-bond donors (Lipinski definition) is 3. The minimum absolute atomic E-state index is 0. The predicted molar refractivity (Wildman–Crippen MR) is 98.5 cm³/mol. The van der Waals surface area contributed by atoms with E-state index in [1.165, 1.54) is 35.6 Å². The number of amides is 1. The van der Waals surface area contributed by atoms with E-state index in [9.17, 15) is 18.3 Å². The second-order valence-electron chi connectivity index (χ2n) is 6.34. The average Bonchev–Trinajstić information content (AvgIpc) is 2.97. The van der Waals surface area contributed by atoms with Crippen molar-refractivity contribution in [1.82, 2.24) is 14.9 Å². The summed E-state index contributed by atoms with van der Waals surface area (Å²) in [4.78, 5) is 12.3. The maximum Gasteiger partial charge on any atom is 0.251 e. The molecule has 3 N–H and O–H groups in total. The first-order chi connectivity index (χ1) is 11.2. The predicted octanol–water partition coefficient (Wildman–Crippen LogP) is 0.447. The lowest BCUT2D eigenvalue weighted by Crippen LogP contribution is -2.34. The van der Waals surface area contributed by atoms with Gasteiger partial charge in [0, 0.05) is 44.2 Å². The summed E-state index contributed by atoms with van der Waals surface area (Å²) in [6.07, 6.45) is -0.454. The van der Waals surface area contributed by atoms with Crippen LogP contribution in [0.5, 0.6) is 0 Å². The summed E-state index contributed by atoms with van der Waals surface area (Å²) in [6.45, 7) is 5.18. The van der Waals surface area contributed by atoms with Gasteiger partial charge in [-0.05, 0) is 38.1 Å². The van der Waals surface area contributed by atoms with Crippen LogP contribution in [0.15, 0.2) is 29.2 Å². The topological polar surface area (TPSA) is 98.7 Å². The van der Waals surface area contributed by atoms with Gasteiger partial charge in [0.05, 0.1) is 11.0 Å². The van der Waals surface area contributed by atoms with Crippen molar-refractivity contribution in [3.8, 4) is 0 Å². The van der Waals surface area contributed by atoms with E-state index in [0.717, 1.165) is 0 Å². The van der Waals surface area contributed by atoms with E-state index < -0.39 is 16.1 Å². The van der Waals surface area contributed by atoms with E-state index in [-0.39, 0.29) is 35.2 Å². The first-order valence-corrected chi connectivity index (χ1v) is 9.42. The Hall–Kier alpha value is -1.19. The van der Waals surface area contributed by atoms with Gasteiger partial charge in [-0.1, -0.05) is 0 Å². The molecule has 0 radical (unpaired) electrons. The first-order valence-electron chi connectivity index (χ1n) is 7.98. The Morgan fingerprint density at radius 2 is 1.92 bits per heavy atom. The molecule has 0 saturated carbocycles. The van der Waals surface area contributed by atoms with Crippen molar-refractivity contribution < 1.29 is 18.3 Å². The summed E-state index contributed by atoms with van der Waals surface area (Å²) in [7, 11) is -2.02. The number of rotatable bonds is 6. The Labute approximate surface area is 155 Å². The Morgan fingerprint density at radius 3 is 2.40 bits per heavy atom. The number of sulfonamides is 1. The summed E-state index contributed by atoms with van der Waals surface area (Å²) in [6, 6.07) is 5.73. The number of hydrogen-bond acceptors (Lipinski definition) is 5. The lowest BCUT2D eigenvalue weighted by Gasteiger charge is -2.21. The molecule has 1 aliphatic heterocycles. The summed E-state index contributed by atoms with van der Waals surface area (Å²) in [5, 5.41) is 15.5. The second kappa shape index (κ2) is 8.95. The van der Waals surface area contributed by atoms with Gasteiger partial charge >= 0.3 is 0 Å². The SMILES string of the molecule is CC(C)N(C)S(=O)(=O)c1ccc(C(=O)NCC2CNCC2O)cc1.Cl. The number of carbonyl (C=O) groups excluding carboxylic acids is 1. The molecule has 1 heterocycles. The third kappa shape index (κ3) is 5.15. The van der Waals surface area contributed by atoms with Gasteiger partial charge in [0.25, 0.3) is 5.91 Å². The standard InChI is InChI=1S/C16H25N3O4S.ClH/c1-11(2)19(3)24(22,23)14-6-4-12(5-7-14)16(21)18-9-13-8-17-10-15(13)20;/h4-7,11,13,15,17,20H,8-10H2,1-3H3,(H,18,21);1H. The summed E-state index contributed by atoms with van der Waals surface area (Å²) in [5.74, 6) is -0.288. The number of aliphatic hydroxyl groups is 1. The van der Waals surface area contributed by atoms with Gasteiger partial charge in [-0.15, -0.1) is 12.4 Å². The highest BCUT2D eigenvalue weighted by molar-refractivity contribution is 7.89. The van der Waals surface area contributed by atoms with Crippen LogP contribution in [-0.2, 0) is 10.0 Å². The second-order valence-corrected chi connectivity index (χ2v) is 8.33. The van der Waals surface area contributed by atoms with Gasteiger partial charge in [0.1, 0.15) is 0 Å². The molecule has 2 rings (SSSR count). The van der Waals surface area contributed by atoms with Crippen molar-refractivity contribution in [2.24, 2.45) is 5.92 Å². The highest BCUT2D eigenvalue weighted by Gasteiger charge is 2.26. The van der Waals surface area contributed by atoms with Gasteiger partial charge in [-0.2, -0.15) is 4.31 Å². The molecule has 1 saturated heterocycles. The molecule has 1 amide bonds. The molecule has 142 valence electrons. The molecule has 25 heavy (non-hydrogen) atoms. The molecule has 0 spiro atoms. The summed E-state index contributed by atoms with van der Waals surface area (Å²) in [5.41, 5.74) is 0.390. The van der Waals surface area contributed by atoms with Crippen LogP contribution in [0.25, 0.3) is 0 Å². The molecule has 0 aliphatic carbocycles. The maximum atomic E-state index is 12.4. The molecule has 7 nitrogen and oxygen atoms in total. The number of benzene rings is 1. The Morgan fingerprint density at radius 1 is 1.32 bits per heavy atom. The number of nitrogens with one attached hydrogen (secondary N) is 2. The fourth-order valence-corrected chi connectivity index (χ4v) is 3.84. The fraction of sp³-hybridized carbons (Fsp3) is 0.562. The van der Waals surface area contributed by atoms with Crippen molar-refractivity contribution in [2.75, 3.05) is 26.7 Å². The lowest BCUT2D eigenvalue weighted by atomic mass is 10.1. The third-order valence-corrected chi connectivity index (χ3v) is 6.40. The average molecular weight is 392 g/mol. The van der Waals surface area contributed by atoms with Gasteiger partial charge in [-0.25, -0.2) is 8.42 Å². The molecule has 0 aromatic heterocycles. The smallest absolute Gasteiger partial charge is 0.251 e. The van der Waals surface area contributed by atoms with Gasteiger partial charge in [0.2, 0.25) is 10.0 Å². The van der Waals surface area contributed by atoms with Gasteiger partial charge in [0.15, 0.2) is 0 Å². The van der Waals surface area contributed by atoms with Crippen molar-refractivity contribution in [3.05, 3.63) is 29.8 Å². The van der Waals surface area contributed by atoms with E-state index in [4.69, 9.17) is 0 Å². The van der Waals surface area contributed by atoms with E-state index in [1.807, 2.05) is 0 Å². The Kier molecular flexibility index (Phi) is 7.83. The summed E-state index contributed by atoms with van der Waals surface area (Å²) < 4.78 is 26.1. The highest BCUT2D eigenvalue weighted by Crippen LogP contribution is 2.17. The first kappa shape index (κ1) is 21.9. The van der Waals surface area contributed by atoms with Crippen LogP contribution >= 0.6 is 12.4 Å². The molecule has 2 atom stereocenters. The molecule has 9 heteroatoms. The number of halogens is 1. The molecular weight excluding hydrogens is 366 g/mol. The van der Waals surface area contributed by atoms with Gasteiger partial charge < -0.3 is 15.7 Å². The van der Waals surface area contributed by atoms with Crippen LogP contribution in [-0.4, -0.2) is 62.6 Å². The minimum atomic E-state index is -3.55. The fourth-order valence-electron chi connectivity index (χ4n) is 2.48. The van der Waals surface area contributed by atoms with Crippen LogP contribution in [0.2, 0.25) is 0 Å². The van der Waals surface area contributed by atoms with E-state index in [1.54, 1.807) is 13.8 Å². The molecule has 1 aromatic carbocycles. The number of nitrogens with zero attached hydrogens (tertiary/aromatic N) is 1. The van der Waals surface area contributed by atoms with Crippen molar-refractivity contribution in [2.45, 2.75) is 30.9 Å². The van der Waals surface area contributed by atoms with Crippen LogP contribution in [0.4, 0.5) is 0 Å². The normalized spacial score (nSPS) is 20.6. The van der Waals surface area contributed by atoms with Crippen LogP contribution in [0, 0.1) is 5.92 Å². The Balaban J connectivity index is 0.00000312. The molecule has 2 unspecified atom stereocenters. The van der Waals surface area contributed by atoms with Crippen molar-refractivity contribution >= 4 is 28.3 Å². The van der Waals surface area contributed by atoms with Crippen LogP contribution in [0.3, 0.4) is 0 Å². The largest absolute Gasteiger partial charge is 0.391 e. The molecule has 1 fully saturated rings. The summed E-state index contributed by atoms with van der Waals surface area (Å²) >= 11 is 0. The van der Waals surface area contributed by atoms with Crippen LogP contribution in [0.1, 0.15) is 24.2 Å². The zero-order valence-corrected chi connectivity index (χ0v) is 16.2. The monoisotopic (exact) mass is 391 g/mol. The Bertz CT molecular complexity index is 679. The maximum absolute atomic E-state index is 12.4. The highest BCUT2D eigenvalue weighted by atomic mass is 35.5. The number of β-amino-alcohol motifs (C(OH)–C–C–N with tert-alkyl or cyclic N) is 1. The van der Waals surface area contributed by atoms with Crippen molar-refractivity contribution in [1.29, 1.82) is 0 Å². The van der Waals surface area contributed by atoms with E-state index in [0.29, 0.717) is 25.2 Å². The molecule has 1 aliphatic rings. The quantitative estimate of drug-likeness (QED) is 0.653. The van der Waals surface area contributed by atoms with E-state index in [2.05, 4.69) is 10.6 Å². The minimum Gasteiger partial charge on any atom is -0.391 e. The molecule has 0 bridgehead atoms.